The number of ether oxygens (including phenoxy) is 1. The second-order valence-corrected chi connectivity index (χ2v) is 1.96. The van der Waals surface area contributed by atoms with Crippen LogP contribution in [0.4, 0.5) is 0 Å². The van der Waals surface area contributed by atoms with Gasteiger partial charge in [0.05, 0.1) is 0 Å². The predicted molar refractivity (Wildman–Crippen MR) is 45.8 cm³/mol. The molecule has 0 bridgehead atoms. The summed E-state index contributed by atoms with van der Waals surface area (Å²) in [7, 11) is 1.67. The van der Waals surface area contributed by atoms with Crippen LogP contribution in [0.3, 0.4) is 0 Å². The van der Waals surface area contributed by atoms with Gasteiger partial charge >= 0.3 is 0 Å². The molecule has 3 nitrogen and oxygen atoms in total. The van der Waals surface area contributed by atoms with Gasteiger partial charge in [0.15, 0.2) is 6.40 Å². The van der Waals surface area contributed by atoms with E-state index >= 15 is 0 Å². The number of allylic oxidation sites excluding steroid dienone is 3. The smallest absolute Gasteiger partial charge is 0.241 e. The maximum absolute atomic E-state index is 4.97. The standard InChI is InChI=1S/C8H10N2O/c1-3-4-5-7-8(9-2)11-6-10-7/h3-6H,1-2H3/b4-3-,7-5+,9-8-. The third-order valence-corrected chi connectivity index (χ3v) is 1.22. The van der Waals surface area contributed by atoms with E-state index in [2.05, 4.69) is 9.98 Å². The lowest BCUT2D eigenvalue weighted by molar-refractivity contribution is 0.586. The second-order valence-electron chi connectivity index (χ2n) is 1.96. The van der Waals surface area contributed by atoms with Crippen LogP contribution in [0, 0.1) is 0 Å². The fourth-order valence-electron chi connectivity index (χ4n) is 0.718. The van der Waals surface area contributed by atoms with E-state index in [4.69, 9.17) is 4.74 Å². The summed E-state index contributed by atoms with van der Waals surface area (Å²) in [6.07, 6.45) is 7.06. The van der Waals surface area contributed by atoms with Crippen molar-refractivity contribution < 1.29 is 4.74 Å². The Morgan fingerprint density at radius 3 is 3.09 bits per heavy atom. The first kappa shape index (κ1) is 7.72. The van der Waals surface area contributed by atoms with Gasteiger partial charge in [0, 0.05) is 7.05 Å². The lowest BCUT2D eigenvalue weighted by Crippen LogP contribution is -1.96. The van der Waals surface area contributed by atoms with E-state index in [1.54, 1.807) is 7.05 Å². The van der Waals surface area contributed by atoms with Crippen LogP contribution in [0.25, 0.3) is 0 Å². The average Bonchev–Trinajstić information content (AvgIpc) is 2.47. The summed E-state index contributed by atoms with van der Waals surface area (Å²) in [4.78, 5) is 7.85. The van der Waals surface area contributed by atoms with Crippen molar-refractivity contribution in [3.8, 4) is 0 Å². The second kappa shape index (κ2) is 3.71. The van der Waals surface area contributed by atoms with Crippen molar-refractivity contribution in [3.05, 3.63) is 23.9 Å². The van der Waals surface area contributed by atoms with Gasteiger partial charge in [-0.2, -0.15) is 0 Å². The molecule has 0 aromatic heterocycles. The molecule has 0 fully saturated rings. The molecule has 58 valence electrons. The Balaban J connectivity index is 2.78. The molecule has 1 rings (SSSR count). The molecule has 0 unspecified atom stereocenters. The maximum Gasteiger partial charge on any atom is 0.241 e. The normalized spacial score (nSPS) is 23.8. The number of hydrogen-bond donors (Lipinski definition) is 0. The topological polar surface area (TPSA) is 34.0 Å². The molecule has 0 saturated heterocycles. The zero-order valence-corrected chi connectivity index (χ0v) is 6.61. The molecule has 0 spiro atoms. The van der Waals surface area contributed by atoms with Crippen LogP contribution in [0.5, 0.6) is 0 Å². The largest absolute Gasteiger partial charge is 0.425 e. The highest BCUT2D eigenvalue weighted by Crippen LogP contribution is 2.07. The van der Waals surface area contributed by atoms with E-state index in [9.17, 15) is 0 Å². The van der Waals surface area contributed by atoms with Gasteiger partial charge in [-0.1, -0.05) is 12.2 Å². The van der Waals surface area contributed by atoms with Crippen molar-refractivity contribution in [2.45, 2.75) is 6.92 Å². The van der Waals surface area contributed by atoms with Crippen LogP contribution in [0.15, 0.2) is 33.9 Å². The molecule has 1 aliphatic rings. The molecule has 0 aromatic rings. The van der Waals surface area contributed by atoms with Crippen molar-refractivity contribution in [2.24, 2.45) is 9.98 Å². The van der Waals surface area contributed by atoms with Gasteiger partial charge < -0.3 is 4.74 Å². The van der Waals surface area contributed by atoms with Gasteiger partial charge in [0.25, 0.3) is 0 Å². The molecular formula is C8H10N2O. The van der Waals surface area contributed by atoms with Gasteiger partial charge in [-0.15, -0.1) is 0 Å². The van der Waals surface area contributed by atoms with Gasteiger partial charge in [-0.3, -0.25) is 4.99 Å². The maximum atomic E-state index is 4.97. The first-order valence-corrected chi connectivity index (χ1v) is 3.38. The average molecular weight is 150 g/mol. The lowest BCUT2D eigenvalue weighted by atomic mass is 10.4. The van der Waals surface area contributed by atoms with Crippen molar-refractivity contribution in [1.29, 1.82) is 0 Å². The molecule has 11 heavy (non-hydrogen) atoms. The van der Waals surface area contributed by atoms with Crippen LogP contribution in [0.2, 0.25) is 0 Å². The third-order valence-electron chi connectivity index (χ3n) is 1.22. The number of aliphatic imine (C=N–C) groups is 2. The summed E-state index contributed by atoms with van der Waals surface area (Å²) in [6, 6.07) is 0. The minimum Gasteiger partial charge on any atom is -0.425 e. The Labute approximate surface area is 65.8 Å². The molecule has 0 atom stereocenters. The highest BCUT2D eigenvalue weighted by molar-refractivity contribution is 6.01. The first-order valence-electron chi connectivity index (χ1n) is 3.38. The quantitative estimate of drug-likeness (QED) is 0.558. The van der Waals surface area contributed by atoms with E-state index in [1.165, 1.54) is 6.40 Å². The van der Waals surface area contributed by atoms with E-state index in [0.717, 1.165) is 5.70 Å². The van der Waals surface area contributed by atoms with Crippen molar-refractivity contribution in [3.63, 3.8) is 0 Å². The highest BCUT2D eigenvalue weighted by Gasteiger charge is 2.09. The van der Waals surface area contributed by atoms with Crippen LogP contribution < -0.4 is 0 Å². The van der Waals surface area contributed by atoms with Crippen LogP contribution in [0.1, 0.15) is 6.92 Å². The highest BCUT2D eigenvalue weighted by atomic mass is 16.5. The van der Waals surface area contributed by atoms with E-state index in [-0.39, 0.29) is 0 Å². The summed E-state index contributed by atoms with van der Waals surface area (Å²) < 4.78 is 4.97. The summed E-state index contributed by atoms with van der Waals surface area (Å²) in [5.74, 6) is 0.572. The van der Waals surface area contributed by atoms with Gasteiger partial charge in [0.1, 0.15) is 5.70 Å². The molecule has 0 amide bonds. The number of rotatable bonds is 1. The first-order chi connectivity index (χ1) is 5.38. The molecule has 3 heteroatoms. The molecular weight excluding hydrogens is 140 g/mol. The van der Waals surface area contributed by atoms with Crippen molar-refractivity contribution >= 4 is 12.3 Å². The zero-order valence-electron chi connectivity index (χ0n) is 6.61. The van der Waals surface area contributed by atoms with E-state index < -0.39 is 0 Å². The monoisotopic (exact) mass is 150 g/mol. The van der Waals surface area contributed by atoms with Crippen LogP contribution >= 0.6 is 0 Å². The fraction of sp³-hybridized carbons (Fsp3) is 0.250. The summed E-state index contributed by atoms with van der Waals surface area (Å²) >= 11 is 0. The SMILES string of the molecule is C\C=C/C=C1/N=CO/C1=N\C. The summed E-state index contributed by atoms with van der Waals surface area (Å²) in [6.45, 7) is 1.94. The molecule has 0 N–H and O–H groups in total. The van der Waals surface area contributed by atoms with Crippen LogP contribution in [-0.2, 0) is 4.74 Å². The molecule has 0 radical (unpaired) electrons. The Morgan fingerprint density at radius 1 is 1.64 bits per heavy atom. The van der Waals surface area contributed by atoms with E-state index in [0.29, 0.717) is 5.90 Å². The summed E-state index contributed by atoms with van der Waals surface area (Å²) in [5, 5.41) is 0. The number of nitrogens with zero attached hydrogens (tertiary/aromatic N) is 2. The molecule has 0 aromatic carbocycles. The van der Waals surface area contributed by atoms with Crippen LogP contribution in [-0.4, -0.2) is 19.3 Å². The Hall–Kier alpha value is -1.38. The van der Waals surface area contributed by atoms with Gasteiger partial charge in [-0.25, -0.2) is 4.99 Å². The predicted octanol–water partition coefficient (Wildman–Crippen LogP) is 1.53. The lowest BCUT2D eigenvalue weighted by Gasteiger charge is -1.91. The van der Waals surface area contributed by atoms with E-state index in [1.807, 2.05) is 25.2 Å². The Morgan fingerprint density at radius 2 is 2.45 bits per heavy atom. The summed E-state index contributed by atoms with van der Waals surface area (Å²) in [5.41, 5.74) is 0.769. The molecule has 0 saturated carbocycles. The fourth-order valence-corrected chi connectivity index (χ4v) is 0.718. The van der Waals surface area contributed by atoms with Gasteiger partial charge in [-0.05, 0) is 13.0 Å². The Bertz CT molecular complexity index is 249. The van der Waals surface area contributed by atoms with Crippen molar-refractivity contribution in [2.75, 3.05) is 7.05 Å². The Kier molecular flexibility index (Phi) is 2.60. The van der Waals surface area contributed by atoms with Crippen molar-refractivity contribution in [1.82, 2.24) is 0 Å². The third kappa shape index (κ3) is 1.77. The molecule has 1 aliphatic heterocycles. The number of hydrogen-bond acceptors (Lipinski definition) is 3. The zero-order chi connectivity index (χ0) is 8.10. The molecule has 1 heterocycles. The minimum absolute atomic E-state index is 0.572. The molecule has 0 aliphatic carbocycles. The minimum atomic E-state index is 0.572. The van der Waals surface area contributed by atoms with Gasteiger partial charge in [0.2, 0.25) is 5.90 Å².